The number of rotatable bonds is 16. The van der Waals surface area contributed by atoms with Gasteiger partial charge in [0.2, 0.25) is 0 Å². The van der Waals surface area contributed by atoms with Gasteiger partial charge in [0.05, 0.1) is 0 Å². The molecule has 1 rings (SSSR count). The second kappa shape index (κ2) is 19.7. The van der Waals surface area contributed by atoms with Crippen molar-refractivity contribution in [3.05, 3.63) is 24.3 Å². The Bertz CT molecular complexity index is 567. The zero-order chi connectivity index (χ0) is 23.6. The normalized spacial score (nSPS) is 10.9. The van der Waals surface area contributed by atoms with Crippen molar-refractivity contribution in [3.8, 4) is 0 Å². The second-order valence-electron chi connectivity index (χ2n) is 7.72. The highest BCUT2D eigenvalue weighted by molar-refractivity contribution is 8.84. The molecule has 1 aromatic rings. The molecule has 0 unspecified atom stereocenters. The zero-order valence-electron chi connectivity index (χ0n) is 20.1. The van der Waals surface area contributed by atoms with Crippen LogP contribution in [-0.2, 0) is 0 Å². The summed E-state index contributed by atoms with van der Waals surface area (Å²) in [6.45, 7) is 13.2. The number of hydrogen-bond acceptors (Lipinski definition) is 6. The van der Waals surface area contributed by atoms with Crippen LogP contribution < -0.4 is 0 Å². The number of thiocarbonyl (C=S) groups is 2. The van der Waals surface area contributed by atoms with Gasteiger partial charge in [-0.05, 0) is 71.5 Å². The van der Waals surface area contributed by atoms with E-state index in [9.17, 15) is 0 Å². The van der Waals surface area contributed by atoms with E-state index in [1.165, 1.54) is 61.2 Å². The molecule has 0 amide bonds. The Morgan fingerprint density at radius 1 is 0.594 bits per heavy atom. The van der Waals surface area contributed by atoms with E-state index in [1.54, 1.807) is 43.2 Å². The van der Waals surface area contributed by atoms with E-state index >= 15 is 0 Å². The molecule has 0 spiro atoms. The summed E-state index contributed by atoms with van der Waals surface area (Å²) in [5.41, 5.74) is 0. The molecule has 0 bridgehead atoms. The minimum absolute atomic E-state index is 1.01. The van der Waals surface area contributed by atoms with Crippen LogP contribution in [0.15, 0.2) is 34.1 Å². The van der Waals surface area contributed by atoms with Gasteiger partial charge in [0.25, 0.3) is 0 Å². The molecular formula is C24H40N2S6. The predicted octanol–water partition coefficient (Wildman–Crippen LogP) is 9.54. The van der Waals surface area contributed by atoms with Crippen LogP contribution in [-0.4, -0.2) is 44.6 Å². The van der Waals surface area contributed by atoms with Crippen LogP contribution in [0.3, 0.4) is 0 Å². The molecule has 0 aliphatic heterocycles. The summed E-state index contributed by atoms with van der Waals surface area (Å²) in [5.74, 6) is 0. The Balaban J connectivity index is 2.50. The zero-order valence-corrected chi connectivity index (χ0v) is 25.0. The lowest BCUT2D eigenvalue weighted by atomic mass is 10.3. The summed E-state index contributed by atoms with van der Waals surface area (Å²) in [7, 11) is 6.96. The quantitative estimate of drug-likeness (QED) is 0.147. The van der Waals surface area contributed by atoms with Gasteiger partial charge >= 0.3 is 0 Å². The minimum atomic E-state index is 1.01. The summed E-state index contributed by atoms with van der Waals surface area (Å²) in [4.78, 5) is 7.25. The molecule has 0 saturated carbocycles. The molecule has 0 N–H and O–H groups in total. The lowest BCUT2D eigenvalue weighted by molar-refractivity contribution is 0.411. The second-order valence-corrected chi connectivity index (χ2v) is 13.4. The summed E-state index contributed by atoms with van der Waals surface area (Å²) in [5, 5.41) is 0. The summed E-state index contributed by atoms with van der Waals surface area (Å²) in [6, 6.07) is 8.78. The summed E-state index contributed by atoms with van der Waals surface area (Å²) >= 11 is 11.4. The van der Waals surface area contributed by atoms with Crippen LogP contribution >= 0.6 is 67.6 Å². The van der Waals surface area contributed by atoms with E-state index in [0.717, 1.165) is 34.8 Å². The van der Waals surface area contributed by atoms with Gasteiger partial charge in [0, 0.05) is 36.0 Å². The van der Waals surface area contributed by atoms with Crippen molar-refractivity contribution in [1.82, 2.24) is 9.80 Å². The van der Waals surface area contributed by atoms with Gasteiger partial charge in [0.1, 0.15) is 8.64 Å². The van der Waals surface area contributed by atoms with E-state index in [2.05, 4.69) is 61.8 Å². The van der Waals surface area contributed by atoms with Crippen molar-refractivity contribution < 1.29 is 0 Å². The molecule has 0 fully saturated rings. The Morgan fingerprint density at radius 3 is 1.12 bits per heavy atom. The van der Waals surface area contributed by atoms with Crippen LogP contribution in [0.5, 0.6) is 0 Å². The van der Waals surface area contributed by atoms with E-state index in [-0.39, 0.29) is 0 Å². The maximum atomic E-state index is 5.72. The van der Waals surface area contributed by atoms with Gasteiger partial charge in [-0.3, -0.25) is 0 Å². The van der Waals surface area contributed by atoms with Crippen molar-refractivity contribution in [3.63, 3.8) is 0 Å². The van der Waals surface area contributed by atoms with E-state index in [0.29, 0.717) is 0 Å². The lowest BCUT2D eigenvalue weighted by Gasteiger charge is -2.24. The average molecular weight is 549 g/mol. The SMILES string of the molecule is CCCCN(CCCC)C(=S)SSc1ccc(SSC(=S)N(CCCC)CCCC)cc1. The van der Waals surface area contributed by atoms with Gasteiger partial charge in [-0.2, -0.15) is 0 Å². The van der Waals surface area contributed by atoms with Crippen LogP contribution in [0, 0.1) is 0 Å². The maximum absolute atomic E-state index is 5.72. The Labute approximate surface area is 224 Å². The molecule has 0 aliphatic carbocycles. The van der Waals surface area contributed by atoms with Gasteiger partial charge in [-0.15, -0.1) is 0 Å². The first kappa shape index (κ1) is 30.4. The van der Waals surface area contributed by atoms with E-state index in [1.807, 2.05) is 0 Å². The molecule has 32 heavy (non-hydrogen) atoms. The number of nitrogens with zero attached hydrogens (tertiary/aromatic N) is 2. The molecule has 2 nitrogen and oxygen atoms in total. The maximum Gasteiger partial charge on any atom is 0.147 e. The Kier molecular flexibility index (Phi) is 18.7. The molecule has 0 heterocycles. The van der Waals surface area contributed by atoms with Crippen molar-refractivity contribution in [2.75, 3.05) is 26.2 Å². The largest absolute Gasteiger partial charge is 0.357 e. The topological polar surface area (TPSA) is 6.48 Å². The standard InChI is InChI=1S/C24H40N2S6/c1-5-9-17-25(18-10-6-2)23(27)31-29-21-13-15-22(16-14-21)30-32-24(28)26(19-11-7-3)20-12-8-4/h13-16H,5-12,17-20H2,1-4H3. The molecule has 0 aliphatic rings. The van der Waals surface area contributed by atoms with Crippen molar-refractivity contribution >= 4 is 76.3 Å². The third kappa shape index (κ3) is 13.3. The van der Waals surface area contributed by atoms with Gasteiger partial charge in [-0.1, -0.05) is 99.4 Å². The highest BCUT2D eigenvalue weighted by atomic mass is 33.1. The van der Waals surface area contributed by atoms with E-state index < -0.39 is 0 Å². The monoisotopic (exact) mass is 548 g/mol. The van der Waals surface area contributed by atoms with Crippen molar-refractivity contribution in [2.24, 2.45) is 0 Å². The van der Waals surface area contributed by atoms with Crippen molar-refractivity contribution in [1.29, 1.82) is 0 Å². The first-order chi connectivity index (χ1) is 15.5. The van der Waals surface area contributed by atoms with E-state index in [4.69, 9.17) is 24.4 Å². The fraction of sp³-hybridized carbons (Fsp3) is 0.667. The highest BCUT2D eigenvalue weighted by Crippen LogP contribution is 2.37. The Hall–Kier alpha value is 0.400. The fourth-order valence-corrected chi connectivity index (χ4v) is 7.50. The average Bonchev–Trinajstić information content (AvgIpc) is 2.81. The smallest absolute Gasteiger partial charge is 0.147 e. The molecule has 0 aromatic heterocycles. The minimum Gasteiger partial charge on any atom is -0.357 e. The molecule has 0 atom stereocenters. The van der Waals surface area contributed by atoms with Crippen LogP contribution in [0.4, 0.5) is 0 Å². The predicted molar refractivity (Wildman–Crippen MR) is 161 cm³/mol. The molecule has 0 radical (unpaired) electrons. The van der Waals surface area contributed by atoms with Gasteiger partial charge < -0.3 is 9.80 Å². The summed E-state index contributed by atoms with van der Waals surface area (Å²) in [6.07, 6.45) is 9.64. The molecule has 1 aromatic carbocycles. The summed E-state index contributed by atoms with van der Waals surface area (Å²) < 4.78 is 2.02. The molecule has 0 saturated heterocycles. The number of hydrogen-bond donors (Lipinski definition) is 0. The number of benzene rings is 1. The van der Waals surface area contributed by atoms with Gasteiger partial charge in [0.15, 0.2) is 0 Å². The van der Waals surface area contributed by atoms with Crippen LogP contribution in [0.1, 0.15) is 79.1 Å². The molecule has 182 valence electrons. The molecule has 8 heteroatoms. The van der Waals surface area contributed by atoms with Crippen LogP contribution in [0.25, 0.3) is 0 Å². The fourth-order valence-electron chi connectivity index (χ4n) is 2.81. The van der Waals surface area contributed by atoms with Gasteiger partial charge in [-0.25, -0.2) is 0 Å². The first-order valence-corrected chi connectivity index (χ1v) is 17.0. The van der Waals surface area contributed by atoms with Crippen LogP contribution in [0.2, 0.25) is 0 Å². The third-order valence-corrected chi connectivity index (χ3v) is 11.0. The Morgan fingerprint density at radius 2 is 0.875 bits per heavy atom. The van der Waals surface area contributed by atoms with Crippen molar-refractivity contribution in [2.45, 2.75) is 88.9 Å². The third-order valence-electron chi connectivity index (χ3n) is 4.88. The lowest BCUT2D eigenvalue weighted by Crippen LogP contribution is -2.29. The first-order valence-electron chi connectivity index (χ1n) is 11.9. The highest BCUT2D eigenvalue weighted by Gasteiger charge is 2.12. The number of unbranched alkanes of at least 4 members (excludes halogenated alkanes) is 4. The molecular weight excluding hydrogens is 509 g/mol.